The first kappa shape index (κ1) is 22.1. The summed E-state index contributed by atoms with van der Waals surface area (Å²) in [7, 11) is 4.98. The summed E-state index contributed by atoms with van der Waals surface area (Å²) >= 11 is 0. The molecule has 2 N–H and O–H groups in total. The van der Waals surface area contributed by atoms with E-state index in [0.717, 1.165) is 29.5 Å². The van der Waals surface area contributed by atoms with E-state index in [0.29, 0.717) is 24.0 Å². The molecule has 0 unspecified atom stereocenters. The molecular formula is C21H28IN3O3. The van der Waals surface area contributed by atoms with Crippen LogP contribution in [0.4, 0.5) is 5.69 Å². The van der Waals surface area contributed by atoms with E-state index in [1.807, 2.05) is 36.4 Å². The standard InChI is InChI=1S/C21H27N3O3.HI/c1-22-21(24-17-10-11-19(25-2)20(12-17)26-3)23-13-16-6-4-5-7-18(16)27-14-15-8-9-15;/h4-7,10-12,15H,8-9,13-14H2,1-3H3,(H2,22,23,24);1H. The Balaban J connectivity index is 0.00000280. The summed E-state index contributed by atoms with van der Waals surface area (Å²) in [4.78, 5) is 4.29. The summed E-state index contributed by atoms with van der Waals surface area (Å²) in [6.45, 7) is 1.42. The first-order valence-corrected chi connectivity index (χ1v) is 9.14. The number of hydrogen-bond donors (Lipinski definition) is 2. The third-order valence-electron chi connectivity index (χ3n) is 4.46. The highest BCUT2D eigenvalue weighted by Gasteiger charge is 2.22. The second-order valence-electron chi connectivity index (χ2n) is 6.48. The van der Waals surface area contributed by atoms with Crippen molar-refractivity contribution < 1.29 is 14.2 Å². The van der Waals surface area contributed by atoms with Crippen molar-refractivity contribution in [3.05, 3.63) is 48.0 Å². The van der Waals surface area contributed by atoms with Gasteiger partial charge in [-0.15, -0.1) is 24.0 Å². The van der Waals surface area contributed by atoms with Gasteiger partial charge in [0.2, 0.25) is 0 Å². The lowest BCUT2D eigenvalue weighted by Crippen LogP contribution is -2.30. The van der Waals surface area contributed by atoms with Crippen LogP contribution in [0.3, 0.4) is 0 Å². The number of guanidine groups is 1. The molecule has 2 aromatic carbocycles. The number of rotatable bonds is 8. The highest BCUT2D eigenvalue weighted by atomic mass is 127. The van der Waals surface area contributed by atoms with Gasteiger partial charge in [0.15, 0.2) is 17.5 Å². The third-order valence-corrected chi connectivity index (χ3v) is 4.46. The molecule has 0 aliphatic heterocycles. The Morgan fingerprint density at radius 3 is 2.46 bits per heavy atom. The summed E-state index contributed by atoms with van der Waals surface area (Å²) in [5.74, 6) is 3.67. The van der Waals surface area contributed by atoms with Gasteiger partial charge >= 0.3 is 0 Å². The third kappa shape index (κ3) is 6.19. The normalized spacial score (nSPS) is 13.3. The van der Waals surface area contributed by atoms with Crippen LogP contribution in [-0.2, 0) is 6.54 Å². The molecule has 0 spiro atoms. The van der Waals surface area contributed by atoms with Crippen molar-refractivity contribution in [1.29, 1.82) is 0 Å². The predicted molar refractivity (Wildman–Crippen MR) is 123 cm³/mol. The molecule has 1 aliphatic carbocycles. The number of halogens is 1. The van der Waals surface area contributed by atoms with Crippen LogP contribution in [0.5, 0.6) is 17.2 Å². The van der Waals surface area contributed by atoms with Crippen molar-refractivity contribution >= 4 is 35.6 Å². The van der Waals surface area contributed by atoms with E-state index in [4.69, 9.17) is 14.2 Å². The number of aliphatic imine (C=N–C) groups is 1. The van der Waals surface area contributed by atoms with Crippen LogP contribution in [0.15, 0.2) is 47.5 Å². The number of methoxy groups -OCH3 is 2. The van der Waals surface area contributed by atoms with E-state index in [1.54, 1.807) is 21.3 Å². The number of nitrogens with zero attached hydrogens (tertiary/aromatic N) is 1. The molecule has 0 amide bonds. The molecule has 6 nitrogen and oxygen atoms in total. The lowest BCUT2D eigenvalue weighted by atomic mass is 10.2. The zero-order valence-electron chi connectivity index (χ0n) is 16.5. The van der Waals surface area contributed by atoms with Crippen molar-refractivity contribution in [3.63, 3.8) is 0 Å². The van der Waals surface area contributed by atoms with Gasteiger partial charge in [-0.1, -0.05) is 18.2 Å². The molecule has 0 heterocycles. The molecule has 28 heavy (non-hydrogen) atoms. The molecule has 152 valence electrons. The monoisotopic (exact) mass is 497 g/mol. The number of anilines is 1. The largest absolute Gasteiger partial charge is 0.493 e. The molecule has 0 saturated heterocycles. The average Bonchev–Trinajstić information content (AvgIpc) is 3.54. The SMILES string of the molecule is CN=C(NCc1ccccc1OCC1CC1)Nc1ccc(OC)c(OC)c1.I. The topological polar surface area (TPSA) is 64.1 Å². The molecule has 1 fully saturated rings. The van der Waals surface area contributed by atoms with Gasteiger partial charge in [0.1, 0.15) is 5.75 Å². The smallest absolute Gasteiger partial charge is 0.195 e. The quantitative estimate of drug-likeness (QED) is 0.324. The van der Waals surface area contributed by atoms with E-state index in [1.165, 1.54) is 12.8 Å². The van der Waals surface area contributed by atoms with Gasteiger partial charge in [-0.25, -0.2) is 0 Å². The maximum Gasteiger partial charge on any atom is 0.195 e. The fraction of sp³-hybridized carbons (Fsp3) is 0.381. The highest BCUT2D eigenvalue weighted by molar-refractivity contribution is 14.0. The zero-order chi connectivity index (χ0) is 19.1. The van der Waals surface area contributed by atoms with E-state index in [2.05, 4.69) is 21.7 Å². The minimum absolute atomic E-state index is 0. The van der Waals surface area contributed by atoms with Gasteiger partial charge < -0.3 is 24.8 Å². The molecule has 0 atom stereocenters. The summed E-state index contributed by atoms with van der Waals surface area (Å²) in [6.07, 6.45) is 2.56. The summed E-state index contributed by atoms with van der Waals surface area (Å²) < 4.78 is 16.6. The second-order valence-corrected chi connectivity index (χ2v) is 6.48. The number of ether oxygens (including phenoxy) is 3. The Labute approximate surface area is 183 Å². The van der Waals surface area contributed by atoms with Crippen LogP contribution in [0.1, 0.15) is 18.4 Å². The second kappa shape index (κ2) is 11.0. The Morgan fingerprint density at radius 1 is 1.04 bits per heavy atom. The molecule has 7 heteroatoms. The van der Waals surface area contributed by atoms with Gasteiger partial charge in [0.05, 0.1) is 20.8 Å². The van der Waals surface area contributed by atoms with Gasteiger partial charge in [-0.2, -0.15) is 0 Å². The van der Waals surface area contributed by atoms with Crippen molar-refractivity contribution in [3.8, 4) is 17.2 Å². The van der Waals surface area contributed by atoms with Crippen molar-refractivity contribution in [1.82, 2.24) is 5.32 Å². The minimum Gasteiger partial charge on any atom is -0.493 e. The molecule has 1 aliphatic rings. The van der Waals surface area contributed by atoms with Crippen molar-refractivity contribution in [2.45, 2.75) is 19.4 Å². The number of nitrogens with one attached hydrogen (secondary N) is 2. The lowest BCUT2D eigenvalue weighted by molar-refractivity contribution is 0.296. The molecular weight excluding hydrogens is 469 g/mol. The number of benzene rings is 2. The van der Waals surface area contributed by atoms with Gasteiger partial charge in [0.25, 0.3) is 0 Å². The van der Waals surface area contributed by atoms with Crippen LogP contribution in [0, 0.1) is 5.92 Å². The average molecular weight is 497 g/mol. The van der Waals surface area contributed by atoms with Crippen LogP contribution in [0.25, 0.3) is 0 Å². The molecule has 2 aromatic rings. The highest BCUT2D eigenvalue weighted by Crippen LogP contribution is 2.31. The van der Waals surface area contributed by atoms with Gasteiger partial charge in [-0.3, -0.25) is 4.99 Å². The minimum atomic E-state index is 0. The van der Waals surface area contributed by atoms with Gasteiger partial charge in [-0.05, 0) is 37.0 Å². The van der Waals surface area contributed by atoms with E-state index in [-0.39, 0.29) is 24.0 Å². The first-order valence-electron chi connectivity index (χ1n) is 9.14. The maximum absolute atomic E-state index is 5.97. The van der Waals surface area contributed by atoms with Crippen LogP contribution in [-0.4, -0.2) is 33.8 Å². The van der Waals surface area contributed by atoms with Crippen LogP contribution >= 0.6 is 24.0 Å². The number of para-hydroxylation sites is 1. The summed E-state index contributed by atoms with van der Waals surface area (Å²) in [6, 6.07) is 13.8. The van der Waals surface area contributed by atoms with E-state index in [9.17, 15) is 0 Å². The van der Waals surface area contributed by atoms with Crippen LogP contribution < -0.4 is 24.8 Å². The van der Waals surface area contributed by atoms with E-state index >= 15 is 0 Å². The van der Waals surface area contributed by atoms with Gasteiger partial charge in [0, 0.05) is 30.9 Å². The molecule has 0 radical (unpaired) electrons. The Hall–Kier alpha value is -2.16. The Morgan fingerprint density at radius 2 is 1.79 bits per heavy atom. The first-order chi connectivity index (χ1) is 13.2. The Bertz CT molecular complexity index is 794. The summed E-state index contributed by atoms with van der Waals surface area (Å²) in [5, 5.41) is 6.60. The van der Waals surface area contributed by atoms with Crippen molar-refractivity contribution in [2.24, 2.45) is 10.9 Å². The lowest BCUT2D eigenvalue weighted by Gasteiger charge is -2.16. The zero-order valence-corrected chi connectivity index (χ0v) is 18.9. The summed E-state index contributed by atoms with van der Waals surface area (Å²) in [5.41, 5.74) is 1.97. The van der Waals surface area contributed by atoms with Crippen molar-refractivity contribution in [2.75, 3.05) is 33.2 Å². The Kier molecular flexibility index (Phi) is 8.69. The molecule has 3 rings (SSSR count). The maximum atomic E-state index is 5.97. The van der Waals surface area contributed by atoms with E-state index < -0.39 is 0 Å². The fourth-order valence-electron chi connectivity index (χ4n) is 2.69. The molecule has 0 bridgehead atoms. The molecule has 0 aromatic heterocycles. The predicted octanol–water partition coefficient (Wildman–Crippen LogP) is 4.30. The number of hydrogen-bond acceptors (Lipinski definition) is 4. The fourth-order valence-corrected chi connectivity index (χ4v) is 2.69. The molecule has 1 saturated carbocycles. The van der Waals surface area contributed by atoms with Crippen LogP contribution in [0.2, 0.25) is 0 Å².